The molecule has 1 aliphatic rings. The molecule has 6 heteroatoms. The summed E-state index contributed by atoms with van der Waals surface area (Å²) in [5.74, 6) is -0.984. The van der Waals surface area contributed by atoms with Crippen LogP contribution in [-0.2, 0) is 4.79 Å². The molecule has 3 N–H and O–H groups in total. The highest BCUT2D eigenvalue weighted by molar-refractivity contribution is 5.74. The van der Waals surface area contributed by atoms with E-state index in [4.69, 9.17) is 5.11 Å². The number of rotatable bonds is 7. The molecule has 1 aliphatic carbocycles. The van der Waals surface area contributed by atoms with E-state index in [2.05, 4.69) is 22.5 Å². The van der Waals surface area contributed by atoms with E-state index in [-0.39, 0.29) is 17.9 Å². The number of carbonyl (C=O) groups is 2. The lowest BCUT2D eigenvalue weighted by Gasteiger charge is -2.28. The highest BCUT2D eigenvalue weighted by Crippen LogP contribution is 2.29. The first-order chi connectivity index (χ1) is 9.54. The van der Waals surface area contributed by atoms with E-state index in [0.29, 0.717) is 13.1 Å². The number of likely N-dealkylation sites (N-methyl/N-ethyl adjacent to an activating group) is 1. The third-order valence-electron chi connectivity index (χ3n) is 4.07. The molecule has 0 aliphatic heterocycles. The lowest BCUT2D eigenvalue weighted by Crippen LogP contribution is -2.43. The Labute approximate surface area is 120 Å². The number of aliphatic carboxylic acids is 1. The van der Waals surface area contributed by atoms with Gasteiger partial charge in [-0.2, -0.15) is 0 Å². The molecule has 0 radical (unpaired) electrons. The quantitative estimate of drug-likeness (QED) is 0.655. The maximum Gasteiger partial charge on any atom is 0.314 e. The molecule has 0 aromatic rings. The molecule has 0 bridgehead atoms. The zero-order valence-electron chi connectivity index (χ0n) is 12.5. The monoisotopic (exact) mass is 285 g/mol. The van der Waals surface area contributed by atoms with E-state index < -0.39 is 5.97 Å². The van der Waals surface area contributed by atoms with E-state index in [1.54, 1.807) is 0 Å². The topological polar surface area (TPSA) is 81.7 Å². The largest absolute Gasteiger partial charge is 0.481 e. The molecule has 2 atom stereocenters. The minimum absolute atomic E-state index is 0.0605. The fourth-order valence-electron chi connectivity index (χ4n) is 2.58. The average Bonchev–Trinajstić information content (AvgIpc) is 2.45. The third kappa shape index (κ3) is 5.77. The number of urea groups is 1. The van der Waals surface area contributed by atoms with Crippen molar-refractivity contribution in [2.75, 3.05) is 33.2 Å². The van der Waals surface area contributed by atoms with Gasteiger partial charge >= 0.3 is 12.0 Å². The van der Waals surface area contributed by atoms with Gasteiger partial charge in [-0.15, -0.1) is 0 Å². The van der Waals surface area contributed by atoms with Gasteiger partial charge in [0.15, 0.2) is 0 Å². The van der Waals surface area contributed by atoms with E-state index in [9.17, 15) is 9.59 Å². The molecule has 6 nitrogen and oxygen atoms in total. The van der Waals surface area contributed by atoms with E-state index in [1.165, 1.54) is 0 Å². The lowest BCUT2D eigenvalue weighted by molar-refractivity contribution is -0.144. The molecule has 2 unspecified atom stereocenters. The Morgan fingerprint density at radius 1 is 1.25 bits per heavy atom. The van der Waals surface area contributed by atoms with E-state index in [0.717, 1.165) is 38.8 Å². The Morgan fingerprint density at radius 3 is 2.60 bits per heavy atom. The second kappa shape index (κ2) is 8.79. The van der Waals surface area contributed by atoms with Crippen molar-refractivity contribution in [3.8, 4) is 0 Å². The van der Waals surface area contributed by atoms with Crippen LogP contribution in [0.3, 0.4) is 0 Å². The molecule has 0 aromatic heterocycles. The fourth-order valence-corrected chi connectivity index (χ4v) is 2.58. The van der Waals surface area contributed by atoms with Gasteiger partial charge < -0.3 is 20.6 Å². The number of nitrogens with zero attached hydrogens (tertiary/aromatic N) is 1. The predicted octanol–water partition coefficient (Wildman–Crippen LogP) is 1.13. The van der Waals surface area contributed by atoms with Crippen molar-refractivity contribution in [3.63, 3.8) is 0 Å². The average molecular weight is 285 g/mol. The normalized spacial score (nSPS) is 22.6. The minimum atomic E-state index is -0.735. The Kier molecular flexibility index (Phi) is 7.36. The Bertz CT molecular complexity index is 323. The van der Waals surface area contributed by atoms with Crippen molar-refractivity contribution in [1.29, 1.82) is 0 Å². The van der Waals surface area contributed by atoms with Crippen LogP contribution in [0.5, 0.6) is 0 Å². The number of carboxylic acid groups (broad SMARTS) is 1. The Hall–Kier alpha value is -1.30. The smallest absolute Gasteiger partial charge is 0.314 e. The maximum absolute atomic E-state index is 11.6. The summed E-state index contributed by atoms with van der Waals surface area (Å²) in [5, 5.41) is 14.8. The number of carbonyl (C=O) groups excluding carboxylic acids is 1. The maximum atomic E-state index is 11.6. The fraction of sp³-hybridized carbons (Fsp3) is 0.857. The van der Waals surface area contributed by atoms with Crippen LogP contribution in [0.4, 0.5) is 4.79 Å². The number of nitrogens with one attached hydrogen (secondary N) is 2. The zero-order chi connectivity index (χ0) is 15.0. The third-order valence-corrected chi connectivity index (χ3v) is 4.07. The van der Waals surface area contributed by atoms with Gasteiger partial charge in [-0.25, -0.2) is 4.79 Å². The summed E-state index contributed by atoms with van der Waals surface area (Å²) in [4.78, 5) is 24.9. The molecule has 20 heavy (non-hydrogen) atoms. The first-order valence-corrected chi connectivity index (χ1v) is 7.47. The SMILES string of the molecule is CCN(C)CCNC(=O)NCC1CCCCC1C(=O)O. The lowest BCUT2D eigenvalue weighted by atomic mass is 9.79. The standard InChI is InChI=1S/C14H27N3O3/c1-3-17(2)9-8-15-14(20)16-10-11-6-4-5-7-12(11)13(18)19/h11-12H,3-10H2,1-2H3,(H,18,19)(H2,15,16,20). The second-order valence-electron chi connectivity index (χ2n) is 5.52. The van der Waals surface area contributed by atoms with Gasteiger partial charge in [0.05, 0.1) is 5.92 Å². The van der Waals surface area contributed by atoms with Crippen molar-refractivity contribution >= 4 is 12.0 Å². The van der Waals surface area contributed by atoms with E-state index in [1.807, 2.05) is 7.05 Å². The van der Waals surface area contributed by atoms with Gasteiger partial charge in [-0.3, -0.25) is 4.79 Å². The van der Waals surface area contributed by atoms with Gasteiger partial charge in [0.2, 0.25) is 0 Å². The van der Waals surface area contributed by atoms with Gasteiger partial charge in [0.1, 0.15) is 0 Å². The molecule has 0 aromatic carbocycles. The highest BCUT2D eigenvalue weighted by atomic mass is 16.4. The highest BCUT2D eigenvalue weighted by Gasteiger charge is 2.30. The van der Waals surface area contributed by atoms with Crippen molar-refractivity contribution in [2.24, 2.45) is 11.8 Å². The first-order valence-electron chi connectivity index (χ1n) is 7.47. The van der Waals surface area contributed by atoms with Crippen LogP contribution in [0.1, 0.15) is 32.6 Å². The van der Waals surface area contributed by atoms with E-state index >= 15 is 0 Å². The minimum Gasteiger partial charge on any atom is -0.481 e. The summed E-state index contributed by atoms with van der Waals surface area (Å²) in [6.07, 6.45) is 3.64. The Balaban J connectivity index is 2.23. The first kappa shape index (κ1) is 16.8. The van der Waals surface area contributed by atoms with Crippen molar-refractivity contribution in [2.45, 2.75) is 32.6 Å². The number of amides is 2. The van der Waals surface area contributed by atoms with Crippen molar-refractivity contribution in [1.82, 2.24) is 15.5 Å². The van der Waals surface area contributed by atoms with Crippen molar-refractivity contribution in [3.05, 3.63) is 0 Å². The van der Waals surface area contributed by atoms with Gasteiger partial charge in [-0.1, -0.05) is 19.8 Å². The van der Waals surface area contributed by atoms with Crippen LogP contribution in [0.15, 0.2) is 0 Å². The van der Waals surface area contributed by atoms with Crippen molar-refractivity contribution < 1.29 is 14.7 Å². The van der Waals surface area contributed by atoms with Gasteiger partial charge in [-0.05, 0) is 32.4 Å². The van der Waals surface area contributed by atoms with Crippen LogP contribution in [0, 0.1) is 11.8 Å². The molecule has 1 saturated carbocycles. The summed E-state index contributed by atoms with van der Waals surface area (Å²) >= 11 is 0. The molecule has 2 amide bonds. The van der Waals surface area contributed by atoms with Crippen LogP contribution in [0.2, 0.25) is 0 Å². The Morgan fingerprint density at radius 2 is 1.95 bits per heavy atom. The summed E-state index contributed by atoms with van der Waals surface area (Å²) < 4.78 is 0. The van der Waals surface area contributed by atoms with Crippen LogP contribution in [0.25, 0.3) is 0 Å². The number of hydrogen-bond acceptors (Lipinski definition) is 3. The van der Waals surface area contributed by atoms with Crippen LogP contribution in [-0.4, -0.2) is 55.2 Å². The van der Waals surface area contributed by atoms with Gasteiger partial charge in [0.25, 0.3) is 0 Å². The molecule has 116 valence electrons. The molecule has 0 spiro atoms. The zero-order valence-corrected chi connectivity index (χ0v) is 12.5. The summed E-state index contributed by atoms with van der Waals surface area (Å²) in [7, 11) is 2.00. The number of hydrogen-bond donors (Lipinski definition) is 3. The second-order valence-corrected chi connectivity index (χ2v) is 5.52. The molecule has 1 fully saturated rings. The molecular formula is C14H27N3O3. The predicted molar refractivity (Wildman–Crippen MR) is 77.7 cm³/mol. The summed E-state index contributed by atoms with van der Waals surface area (Å²) in [6.45, 7) is 4.88. The molecule has 0 saturated heterocycles. The molecular weight excluding hydrogens is 258 g/mol. The molecule has 1 rings (SSSR count). The summed E-state index contributed by atoms with van der Waals surface area (Å²) in [5.41, 5.74) is 0. The van der Waals surface area contributed by atoms with Crippen LogP contribution < -0.4 is 10.6 Å². The van der Waals surface area contributed by atoms with Gasteiger partial charge in [0, 0.05) is 19.6 Å². The summed E-state index contributed by atoms with van der Waals surface area (Å²) in [6, 6.07) is -0.204. The molecule has 0 heterocycles. The van der Waals surface area contributed by atoms with Crippen LogP contribution >= 0.6 is 0 Å². The number of carboxylic acids is 1.